The molecule has 0 saturated heterocycles. The van der Waals surface area contributed by atoms with Crippen LogP contribution in [0.5, 0.6) is 0 Å². The average Bonchev–Trinajstić information content (AvgIpc) is 2.53. The molecule has 0 radical (unpaired) electrons. The topological polar surface area (TPSA) is 30.2 Å². The summed E-state index contributed by atoms with van der Waals surface area (Å²) in [5, 5.41) is 0. The van der Waals surface area contributed by atoms with Crippen LogP contribution >= 0.6 is 0 Å². The highest BCUT2D eigenvalue weighted by Gasteiger charge is 2.02. The molecule has 0 aromatic carbocycles. The number of hydrogen-bond acceptors (Lipinski definition) is 2. The van der Waals surface area contributed by atoms with Gasteiger partial charge in [0.1, 0.15) is 6.54 Å². The molecule has 0 aliphatic carbocycles. The molecule has 1 aromatic rings. The molecule has 1 aromatic heterocycles. The Hall–Kier alpha value is -1.64. The first-order valence-corrected chi connectivity index (χ1v) is 8.47. The Morgan fingerprint density at radius 2 is 1.45 bits per heavy atom. The third kappa shape index (κ3) is 9.32. The number of hydrogen-bond donors (Lipinski definition) is 0. The fourth-order valence-corrected chi connectivity index (χ4v) is 2.33. The zero-order chi connectivity index (χ0) is 16.0. The maximum absolute atomic E-state index is 11.2. The number of unbranched alkanes of at least 4 members (excludes halogenated alkanes) is 7. The minimum absolute atomic E-state index is 0.267. The van der Waals surface area contributed by atoms with Gasteiger partial charge in [0.15, 0.2) is 12.4 Å². The van der Waals surface area contributed by atoms with Crippen LogP contribution in [0.25, 0.3) is 0 Å². The van der Waals surface area contributed by atoms with Crippen LogP contribution in [0.15, 0.2) is 42.7 Å². The second kappa shape index (κ2) is 12.0. The van der Waals surface area contributed by atoms with Gasteiger partial charge in [-0.1, -0.05) is 44.7 Å². The number of aryl methyl sites for hydroxylation is 1. The molecule has 0 fully saturated rings. The molecule has 0 N–H and O–H groups in total. The van der Waals surface area contributed by atoms with Gasteiger partial charge in [0.05, 0.1) is 6.61 Å². The molecule has 0 aliphatic rings. The Labute approximate surface area is 135 Å². The number of esters is 1. The van der Waals surface area contributed by atoms with Crippen molar-refractivity contribution in [2.45, 2.75) is 64.8 Å². The van der Waals surface area contributed by atoms with Crippen LogP contribution in [0.1, 0.15) is 58.3 Å². The Bertz CT molecular complexity index is 428. The molecule has 122 valence electrons. The molecule has 0 amide bonds. The summed E-state index contributed by atoms with van der Waals surface area (Å²) >= 11 is 0. The predicted octanol–water partition coefficient (Wildman–Crippen LogP) is 4.21. The van der Waals surface area contributed by atoms with Gasteiger partial charge < -0.3 is 4.74 Å². The molecule has 3 nitrogen and oxygen atoms in total. The Kier molecular flexibility index (Phi) is 10.0. The summed E-state index contributed by atoms with van der Waals surface area (Å²) < 4.78 is 7.31. The zero-order valence-electron chi connectivity index (χ0n) is 13.9. The van der Waals surface area contributed by atoms with E-state index < -0.39 is 0 Å². The van der Waals surface area contributed by atoms with Gasteiger partial charge in [-0.05, 0) is 19.8 Å². The Morgan fingerprint density at radius 1 is 0.909 bits per heavy atom. The van der Waals surface area contributed by atoms with E-state index in [1.165, 1.54) is 38.5 Å². The first kappa shape index (κ1) is 18.4. The third-order valence-electron chi connectivity index (χ3n) is 3.67. The van der Waals surface area contributed by atoms with Crippen molar-refractivity contribution in [2.24, 2.45) is 0 Å². The number of carbonyl (C=O) groups is 1. The lowest BCUT2D eigenvalue weighted by atomic mass is 10.1. The molecule has 0 unspecified atom stereocenters. The smallest absolute Gasteiger partial charge is 0.333 e. The van der Waals surface area contributed by atoms with Crippen LogP contribution in [0.2, 0.25) is 0 Å². The van der Waals surface area contributed by atoms with Gasteiger partial charge in [-0.2, -0.15) is 0 Å². The third-order valence-corrected chi connectivity index (χ3v) is 3.67. The zero-order valence-corrected chi connectivity index (χ0v) is 13.9. The first-order chi connectivity index (χ1) is 10.7. The SMILES string of the molecule is C=C(C)C(=O)OCCCCCCCCCC[n+]1ccccc1. The van der Waals surface area contributed by atoms with E-state index in [1.54, 1.807) is 6.92 Å². The van der Waals surface area contributed by atoms with E-state index in [-0.39, 0.29) is 5.97 Å². The summed E-state index contributed by atoms with van der Waals surface area (Å²) in [7, 11) is 0. The Morgan fingerprint density at radius 3 is 2.05 bits per heavy atom. The molecule has 0 spiro atoms. The lowest BCUT2D eigenvalue weighted by Crippen LogP contribution is -2.32. The van der Waals surface area contributed by atoms with Gasteiger partial charge in [0.2, 0.25) is 0 Å². The molecule has 0 aliphatic heterocycles. The van der Waals surface area contributed by atoms with Gasteiger partial charge in [0.25, 0.3) is 0 Å². The van der Waals surface area contributed by atoms with E-state index in [0.717, 1.165) is 19.4 Å². The normalized spacial score (nSPS) is 10.4. The fourth-order valence-electron chi connectivity index (χ4n) is 2.33. The second-order valence-corrected chi connectivity index (χ2v) is 5.86. The van der Waals surface area contributed by atoms with E-state index in [1.807, 2.05) is 0 Å². The maximum Gasteiger partial charge on any atom is 0.333 e. The van der Waals surface area contributed by atoms with Crippen molar-refractivity contribution in [2.75, 3.05) is 6.61 Å². The largest absolute Gasteiger partial charge is 0.462 e. The second-order valence-electron chi connectivity index (χ2n) is 5.86. The van der Waals surface area contributed by atoms with E-state index in [9.17, 15) is 4.79 Å². The molecule has 0 bridgehead atoms. The van der Waals surface area contributed by atoms with E-state index in [2.05, 4.69) is 41.7 Å². The summed E-state index contributed by atoms with van der Waals surface area (Å²) in [6, 6.07) is 6.21. The molecule has 3 heteroatoms. The van der Waals surface area contributed by atoms with Crippen molar-refractivity contribution < 1.29 is 14.1 Å². The summed E-state index contributed by atoms with van der Waals surface area (Å²) in [6.07, 6.45) is 14.1. The number of rotatable bonds is 12. The van der Waals surface area contributed by atoms with Gasteiger partial charge in [-0.3, -0.25) is 0 Å². The summed E-state index contributed by atoms with van der Waals surface area (Å²) in [5.74, 6) is -0.267. The molecular formula is C19H30NO2+. The van der Waals surface area contributed by atoms with Crippen LogP contribution < -0.4 is 4.57 Å². The lowest BCUT2D eigenvalue weighted by molar-refractivity contribution is -0.697. The van der Waals surface area contributed by atoms with E-state index in [0.29, 0.717) is 12.2 Å². The standard InChI is InChI=1S/C19H30NO2/c1-18(2)19(21)22-17-13-8-6-4-3-5-7-10-14-20-15-11-9-12-16-20/h9,11-12,15-16H,1,3-8,10,13-14,17H2,2H3/q+1. The highest BCUT2D eigenvalue weighted by Crippen LogP contribution is 2.09. The van der Waals surface area contributed by atoms with Gasteiger partial charge >= 0.3 is 5.97 Å². The first-order valence-electron chi connectivity index (χ1n) is 8.47. The predicted molar refractivity (Wildman–Crippen MR) is 89.3 cm³/mol. The Balaban J connectivity index is 1.82. The monoisotopic (exact) mass is 304 g/mol. The van der Waals surface area contributed by atoms with Crippen LogP contribution in [-0.2, 0) is 16.1 Å². The number of nitrogens with zero attached hydrogens (tertiary/aromatic N) is 1. The van der Waals surface area contributed by atoms with Gasteiger partial charge in [-0.15, -0.1) is 0 Å². The van der Waals surface area contributed by atoms with Gasteiger partial charge in [-0.25, -0.2) is 9.36 Å². The highest BCUT2D eigenvalue weighted by molar-refractivity contribution is 5.86. The van der Waals surface area contributed by atoms with Crippen molar-refractivity contribution in [1.82, 2.24) is 0 Å². The average molecular weight is 304 g/mol. The lowest BCUT2D eigenvalue weighted by Gasteiger charge is -2.04. The highest BCUT2D eigenvalue weighted by atomic mass is 16.5. The molecule has 0 saturated carbocycles. The van der Waals surface area contributed by atoms with Crippen molar-refractivity contribution in [3.8, 4) is 0 Å². The maximum atomic E-state index is 11.2. The fraction of sp³-hybridized carbons (Fsp3) is 0.579. The van der Waals surface area contributed by atoms with Crippen LogP contribution in [0.3, 0.4) is 0 Å². The van der Waals surface area contributed by atoms with Crippen molar-refractivity contribution in [1.29, 1.82) is 0 Å². The van der Waals surface area contributed by atoms with Crippen molar-refractivity contribution in [3.05, 3.63) is 42.7 Å². The quantitative estimate of drug-likeness (QED) is 0.250. The van der Waals surface area contributed by atoms with Crippen LogP contribution in [0.4, 0.5) is 0 Å². The van der Waals surface area contributed by atoms with Crippen molar-refractivity contribution in [3.63, 3.8) is 0 Å². The van der Waals surface area contributed by atoms with Crippen LogP contribution in [0, 0.1) is 0 Å². The summed E-state index contributed by atoms with van der Waals surface area (Å²) in [5.41, 5.74) is 0.480. The minimum atomic E-state index is -0.267. The molecule has 1 heterocycles. The minimum Gasteiger partial charge on any atom is -0.462 e. The van der Waals surface area contributed by atoms with E-state index in [4.69, 9.17) is 4.74 Å². The van der Waals surface area contributed by atoms with Gasteiger partial charge in [0, 0.05) is 24.1 Å². The van der Waals surface area contributed by atoms with Crippen molar-refractivity contribution >= 4 is 5.97 Å². The molecule has 1 rings (SSSR count). The van der Waals surface area contributed by atoms with Crippen LogP contribution in [-0.4, -0.2) is 12.6 Å². The van der Waals surface area contributed by atoms with E-state index >= 15 is 0 Å². The number of aromatic nitrogens is 1. The molecular weight excluding hydrogens is 274 g/mol. The number of ether oxygens (including phenoxy) is 1. The molecule has 22 heavy (non-hydrogen) atoms. The number of pyridine rings is 1. The number of carbonyl (C=O) groups excluding carboxylic acids is 1. The molecule has 0 atom stereocenters. The summed E-state index contributed by atoms with van der Waals surface area (Å²) in [4.78, 5) is 11.2. The summed E-state index contributed by atoms with van der Waals surface area (Å²) in [6.45, 7) is 6.89.